The third-order valence-electron chi connectivity index (χ3n) is 5.31. The van der Waals surface area contributed by atoms with Gasteiger partial charge in [0, 0.05) is 12.6 Å². The van der Waals surface area contributed by atoms with E-state index in [0.717, 1.165) is 16.7 Å². The van der Waals surface area contributed by atoms with Crippen molar-refractivity contribution in [2.24, 2.45) is 0 Å². The number of benzene rings is 3. The Bertz CT molecular complexity index is 1120. The molecule has 0 radical (unpaired) electrons. The van der Waals surface area contributed by atoms with Crippen LogP contribution in [0.4, 0.5) is 13.2 Å². The molecule has 7 heteroatoms. The van der Waals surface area contributed by atoms with Gasteiger partial charge < -0.3 is 14.7 Å². The van der Waals surface area contributed by atoms with Gasteiger partial charge in [-0.25, -0.2) is 0 Å². The average molecular weight is 439 g/mol. The highest BCUT2D eigenvalue weighted by molar-refractivity contribution is 5.92. The molecule has 1 aliphatic heterocycles. The molecule has 0 spiro atoms. The molecule has 3 aromatic rings. The molecule has 0 fully saturated rings. The van der Waals surface area contributed by atoms with E-state index in [1.54, 1.807) is 35.2 Å². The number of phenolic OH excluding ortho intramolecular Hbond substituents is 1. The number of aromatic hydroxyl groups is 1. The molecule has 3 aromatic carbocycles. The zero-order chi connectivity index (χ0) is 22.7. The smallest absolute Gasteiger partial charge is 0.508 e. The number of carbonyl (C=O) groups excluding carboxylic acids is 1. The van der Waals surface area contributed by atoms with Crippen molar-refractivity contribution >= 4 is 12.0 Å². The second-order valence-electron chi connectivity index (χ2n) is 7.42. The van der Waals surface area contributed by atoms with E-state index in [1.165, 1.54) is 30.3 Å². The Labute approximate surface area is 183 Å². The van der Waals surface area contributed by atoms with E-state index in [2.05, 4.69) is 4.74 Å². The molecule has 4 rings (SSSR count). The molecule has 4 nitrogen and oxygen atoms in total. The topological polar surface area (TPSA) is 49.8 Å². The van der Waals surface area contributed by atoms with E-state index < -0.39 is 12.4 Å². The van der Waals surface area contributed by atoms with Crippen LogP contribution < -0.4 is 4.74 Å². The van der Waals surface area contributed by atoms with Gasteiger partial charge in [0.05, 0.1) is 6.04 Å². The van der Waals surface area contributed by atoms with Gasteiger partial charge >= 0.3 is 6.36 Å². The van der Waals surface area contributed by atoms with Crippen LogP contribution in [0.5, 0.6) is 11.5 Å². The maximum atomic E-state index is 13.1. The highest BCUT2D eigenvalue weighted by atomic mass is 19.4. The van der Waals surface area contributed by atoms with Gasteiger partial charge in [-0.05, 0) is 59.0 Å². The molecular weight excluding hydrogens is 419 g/mol. The molecule has 1 amide bonds. The van der Waals surface area contributed by atoms with Crippen molar-refractivity contribution in [1.29, 1.82) is 0 Å². The maximum Gasteiger partial charge on any atom is 0.573 e. The lowest BCUT2D eigenvalue weighted by Crippen LogP contribution is -2.39. The summed E-state index contributed by atoms with van der Waals surface area (Å²) in [5.74, 6) is -0.386. The average Bonchev–Trinajstić information content (AvgIpc) is 2.77. The Hall–Kier alpha value is -3.74. The molecule has 1 atom stereocenters. The zero-order valence-electron chi connectivity index (χ0n) is 16.9. The molecule has 32 heavy (non-hydrogen) atoms. The lowest BCUT2D eigenvalue weighted by molar-refractivity contribution is -0.274. The van der Waals surface area contributed by atoms with Gasteiger partial charge in [-0.2, -0.15) is 0 Å². The number of phenols is 1. The van der Waals surface area contributed by atoms with Gasteiger partial charge in [-0.15, -0.1) is 13.2 Å². The molecule has 164 valence electrons. The second-order valence-corrected chi connectivity index (χ2v) is 7.42. The van der Waals surface area contributed by atoms with Gasteiger partial charge in [0.15, 0.2) is 0 Å². The van der Waals surface area contributed by atoms with Crippen molar-refractivity contribution in [2.75, 3.05) is 6.54 Å². The Morgan fingerprint density at radius 2 is 1.69 bits per heavy atom. The van der Waals surface area contributed by atoms with Gasteiger partial charge in [0.1, 0.15) is 11.5 Å². The van der Waals surface area contributed by atoms with Crippen LogP contribution in [0.25, 0.3) is 6.08 Å². The number of rotatable bonds is 4. The summed E-state index contributed by atoms with van der Waals surface area (Å²) < 4.78 is 41.5. The predicted molar refractivity (Wildman–Crippen MR) is 114 cm³/mol. The molecule has 1 N–H and O–H groups in total. The van der Waals surface area contributed by atoms with Crippen molar-refractivity contribution in [3.63, 3.8) is 0 Å². The summed E-state index contributed by atoms with van der Waals surface area (Å²) >= 11 is 0. The minimum absolute atomic E-state index is 0.138. The van der Waals surface area contributed by atoms with Crippen molar-refractivity contribution in [3.05, 3.63) is 101 Å². The number of hydrogen-bond donors (Lipinski definition) is 1. The minimum atomic E-state index is -4.76. The monoisotopic (exact) mass is 439 g/mol. The fourth-order valence-electron chi connectivity index (χ4n) is 3.86. The van der Waals surface area contributed by atoms with E-state index >= 15 is 0 Å². The maximum absolute atomic E-state index is 13.1. The third kappa shape index (κ3) is 4.94. The van der Waals surface area contributed by atoms with Crippen LogP contribution in [0, 0.1) is 0 Å². The predicted octanol–water partition coefficient (Wildman–Crippen LogP) is 5.48. The number of hydrogen-bond acceptors (Lipinski definition) is 3. The van der Waals surface area contributed by atoms with E-state index in [1.807, 2.05) is 24.3 Å². The van der Waals surface area contributed by atoms with Crippen LogP contribution in [0.2, 0.25) is 0 Å². The molecule has 0 saturated heterocycles. The number of fused-ring (bicyclic) bond motifs is 1. The fourth-order valence-corrected chi connectivity index (χ4v) is 3.86. The third-order valence-corrected chi connectivity index (χ3v) is 5.31. The SMILES string of the molecule is O=C(/C=C/c1ccc(O)cc1)N1CCc2ccccc2C1c1ccc(OC(F)(F)F)cc1. The first-order valence-electron chi connectivity index (χ1n) is 10.0. The van der Waals surface area contributed by atoms with Crippen molar-refractivity contribution in [3.8, 4) is 11.5 Å². The summed E-state index contributed by atoms with van der Waals surface area (Å²) in [6, 6.07) is 19.4. The molecule has 0 saturated carbocycles. The Kier molecular flexibility index (Phi) is 5.90. The van der Waals surface area contributed by atoms with Crippen LogP contribution >= 0.6 is 0 Å². The highest BCUT2D eigenvalue weighted by Crippen LogP contribution is 2.36. The van der Waals surface area contributed by atoms with E-state index in [-0.39, 0.29) is 17.4 Å². The fraction of sp³-hybridized carbons (Fsp3) is 0.160. The summed E-state index contributed by atoms with van der Waals surface area (Å²) in [5, 5.41) is 9.40. The first-order valence-corrected chi connectivity index (χ1v) is 10.0. The molecule has 1 heterocycles. The first-order chi connectivity index (χ1) is 15.3. The molecule has 0 aliphatic carbocycles. The largest absolute Gasteiger partial charge is 0.573 e. The summed E-state index contributed by atoms with van der Waals surface area (Å²) in [5.41, 5.74) is 3.49. The highest BCUT2D eigenvalue weighted by Gasteiger charge is 2.33. The number of carbonyl (C=O) groups is 1. The van der Waals surface area contributed by atoms with Crippen molar-refractivity contribution in [1.82, 2.24) is 4.90 Å². The number of halogens is 3. The Morgan fingerprint density at radius 1 is 1.00 bits per heavy atom. The molecule has 1 unspecified atom stereocenters. The van der Waals surface area contributed by atoms with Gasteiger partial charge in [0.25, 0.3) is 0 Å². The van der Waals surface area contributed by atoms with E-state index in [9.17, 15) is 23.1 Å². The summed E-state index contributed by atoms with van der Waals surface area (Å²) in [4.78, 5) is 14.8. The van der Waals surface area contributed by atoms with Crippen LogP contribution in [-0.4, -0.2) is 28.8 Å². The Morgan fingerprint density at radius 3 is 2.38 bits per heavy atom. The molecule has 1 aliphatic rings. The van der Waals surface area contributed by atoms with Gasteiger partial charge in [0.2, 0.25) is 5.91 Å². The van der Waals surface area contributed by atoms with Crippen LogP contribution in [0.1, 0.15) is 28.3 Å². The number of amides is 1. The lowest BCUT2D eigenvalue weighted by atomic mass is 9.88. The Balaban J connectivity index is 1.64. The lowest BCUT2D eigenvalue weighted by Gasteiger charge is -2.37. The second kappa shape index (κ2) is 8.78. The van der Waals surface area contributed by atoms with Gasteiger partial charge in [-0.3, -0.25) is 4.79 Å². The van der Waals surface area contributed by atoms with Crippen molar-refractivity contribution < 1.29 is 27.8 Å². The quantitative estimate of drug-likeness (QED) is 0.548. The molecular formula is C25H20F3NO3. The summed E-state index contributed by atoms with van der Waals surface area (Å²) in [6.07, 6.45) is -0.950. The number of nitrogens with zero attached hydrogens (tertiary/aromatic N) is 1. The molecule has 0 aromatic heterocycles. The van der Waals surface area contributed by atoms with E-state index in [4.69, 9.17) is 0 Å². The van der Waals surface area contributed by atoms with E-state index in [0.29, 0.717) is 18.5 Å². The normalized spacial score (nSPS) is 16.1. The number of ether oxygens (including phenoxy) is 1. The van der Waals surface area contributed by atoms with Crippen LogP contribution in [0.15, 0.2) is 78.9 Å². The molecule has 0 bridgehead atoms. The zero-order valence-corrected chi connectivity index (χ0v) is 16.9. The standard InChI is InChI=1S/C25H20F3NO3/c26-25(27,28)32-21-12-8-19(9-13-21)24-22-4-2-1-3-18(22)15-16-29(24)23(31)14-7-17-5-10-20(30)11-6-17/h1-14,24,30H,15-16H2/b14-7+. The first kappa shape index (κ1) is 21.5. The summed E-state index contributed by atoms with van der Waals surface area (Å²) in [7, 11) is 0. The van der Waals surface area contributed by atoms with Crippen LogP contribution in [-0.2, 0) is 11.2 Å². The minimum Gasteiger partial charge on any atom is -0.508 e. The summed E-state index contributed by atoms with van der Waals surface area (Å²) in [6.45, 7) is 0.473. The van der Waals surface area contributed by atoms with Crippen LogP contribution in [0.3, 0.4) is 0 Å². The van der Waals surface area contributed by atoms with Crippen molar-refractivity contribution in [2.45, 2.75) is 18.8 Å². The van der Waals surface area contributed by atoms with Gasteiger partial charge in [-0.1, -0.05) is 48.5 Å². The number of alkyl halides is 3.